The van der Waals surface area contributed by atoms with Gasteiger partial charge >= 0.3 is 0 Å². The predicted octanol–water partition coefficient (Wildman–Crippen LogP) is 4.26. The van der Waals surface area contributed by atoms with Gasteiger partial charge in [-0.15, -0.1) is 0 Å². The molecule has 0 aromatic heterocycles. The summed E-state index contributed by atoms with van der Waals surface area (Å²) in [4.78, 5) is 11.3. The number of aryl methyl sites for hydroxylation is 2. The molecule has 3 nitrogen and oxygen atoms in total. The van der Waals surface area contributed by atoms with Crippen molar-refractivity contribution in [2.45, 2.75) is 33.7 Å². The highest BCUT2D eigenvalue weighted by Crippen LogP contribution is 2.16. The van der Waals surface area contributed by atoms with Crippen LogP contribution in [0, 0.1) is 13.8 Å². The molecule has 0 fully saturated rings. The smallest absolute Gasteiger partial charge is 0.224 e. The third kappa shape index (κ3) is 4.35. The molecule has 0 saturated carbocycles. The van der Waals surface area contributed by atoms with Crippen LogP contribution in [0.4, 0.5) is 11.4 Å². The van der Waals surface area contributed by atoms with E-state index in [0.29, 0.717) is 6.42 Å². The van der Waals surface area contributed by atoms with E-state index in [9.17, 15) is 4.79 Å². The lowest BCUT2D eigenvalue weighted by Gasteiger charge is -2.10. The maximum Gasteiger partial charge on any atom is 0.224 e. The molecule has 3 heteroatoms. The van der Waals surface area contributed by atoms with Crippen molar-refractivity contribution in [1.29, 1.82) is 0 Å². The van der Waals surface area contributed by atoms with Gasteiger partial charge in [-0.3, -0.25) is 4.79 Å². The average molecular weight is 282 g/mol. The molecule has 0 aliphatic heterocycles. The van der Waals surface area contributed by atoms with E-state index in [1.165, 1.54) is 16.7 Å². The second kappa shape index (κ2) is 6.93. The minimum absolute atomic E-state index is 0.0332. The number of rotatable bonds is 5. The Hall–Kier alpha value is -2.29. The topological polar surface area (TPSA) is 41.1 Å². The molecule has 2 aromatic rings. The van der Waals surface area contributed by atoms with Gasteiger partial charge in [-0.25, -0.2) is 0 Å². The molecule has 0 heterocycles. The second-order valence-electron chi connectivity index (χ2n) is 5.25. The molecule has 0 aliphatic rings. The molecule has 0 aliphatic carbocycles. The highest BCUT2D eigenvalue weighted by atomic mass is 16.1. The number of benzene rings is 2. The number of amides is 1. The average Bonchev–Trinajstić information content (AvgIpc) is 2.50. The highest BCUT2D eigenvalue weighted by molar-refractivity contribution is 5.90. The zero-order chi connectivity index (χ0) is 15.2. The van der Waals surface area contributed by atoms with Crippen LogP contribution < -0.4 is 10.6 Å². The first-order valence-corrected chi connectivity index (χ1v) is 7.28. The van der Waals surface area contributed by atoms with Crippen LogP contribution in [-0.4, -0.2) is 5.91 Å². The minimum Gasteiger partial charge on any atom is -0.381 e. The van der Waals surface area contributed by atoms with Gasteiger partial charge in [-0.2, -0.15) is 0 Å². The highest BCUT2D eigenvalue weighted by Gasteiger charge is 2.00. The molecule has 21 heavy (non-hydrogen) atoms. The number of hydrogen-bond acceptors (Lipinski definition) is 2. The zero-order valence-electron chi connectivity index (χ0n) is 12.9. The molecule has 0 saturated heterocycles. The minimum atomic E-state index is 0.0332. The van der Waals surface area contributed by atoms with Gasteiger partial charge in [0.1, 0.15) is 0 Å². The lowest BCUT2D eigenvalue weighted by Crippen LogP contribution is -2.09. The predicted molar refractivity (Wildman–Crippen MR) is 88.6 cm³/mol. The lowest BCUT2D eigenvalue weighted by atomic mass is 10.1. The second-order valence-corrected chi connectivity index (χ2v) is 5.25. The van der Waals surface area contributed by atoms with Gasteiger partial charge in [0.2, 0.25) is 5.91 Å². The van der Waals surface area contributed by atoms with Crippen molar-refractivity contribution in [1.82, 2.24) is 0 Å². The number of carbonyl (C=O) groups excluding carboxylic acids is 1. The van der Waals surface area contributed by atoms with E-state index >= 15 is 0 Å². The molecule has 0 unspecified atom stereocenters. The summed E-state index contributed by atoms with van der Waals surface area (Å²) in [5, 5.41) is 6.23. The van der Waals surface area contributed by atoms with Gasteiger partial charge < -0.3 is 10.6 Å². The molecule has 2 rings (SSSR count). The molecule has 2 aromatic carbocycles. The van der Waals surface area contributed by atoms with Crippen LogP contribution in [0.3, 0.4) is 0 Å². The van der Waals surface area contributed by atoms with Gasteiger partial charge in [0.15, 0.2) is 0 Å². The van der Waals surface area contributed by atoms with E-state index in [-0.39, 0.29) is 5.91 Å². The summed E-state index contributed by atoms with van der Waals surface area (Å²) in [6.45, 7) is 6.89. The summed E-state index contributed by atoms with van der Waals surface area (Å²) < 4.78 is 0. The molecular weight excluding hydrogens is 260 g/mol. The summed E-state index contributed by atoms with van der Waals surface area (Å²) in [7, 11) is 0. The van der Waals surface area contributed by atoms with E-state index in [0.717, 1.165) is 17.9 Å². The lowest BCUT2D eigenvalue weighted by molar-refractivity contribution is -0.115. The Morgan fingerprint density at radius 1 is 0.952 bits per heavy atom. The van der Waals surface area contributed by atoms with Gasteiger partial charge in [-0.1, -0.05) is 25.1 Å². The molecule has 110 valence electrons. The van der Waals surface area contributed by atoms with E-state index in [1.807, 2.05) is 31.2 Å². The number of nitrogens with one attached hydrogen (secondary N) is 2. The molecule has 0 radical (unpaired) electrons. The summed E-state index contributed by atoms with van der Waals surface area (Å²) >= 11 is 0. The van der Waals surface area contributed by atoms with Crippen molar-refractivity contribution in [2.24, 2.45) is 0 Å². The van der Waals surface area contributed by atoms with Crippen molar-refractivity contribution < 1.29 is 4.79 Å². The Labute approximate surface area is 126 Å². The van der Waals surface area contributed by atoms with Crippen LogP contribution in [0.25, 0.3) is 0 Å². The SMILES string of the molecule is CCC(=O)Nc1ccc(NCc2ccc(C)c(C)c2)cc1. The Balaban J connectivity index is 1.94. The third-order valence-electron chi connectivity index (χ3n) is 3.56. The fourth-order valence-electron chi connectivity index (χ4n) is 2.04. The maximum atomic E-state index is 11.3. The van der Waals surface area contributed by atoms with Gasteiger partial charge in [-0.05, 0) is 54.8 Å². The quantitative estimate of drug-likeness (QED) is 0.860. The molecule has 0 bridgehead atoms. The van der Waals surface area contributed by atoms with Crippen LogP contribution in [0.1, 0.15) is 30.0 Å². The molecule has 1 amide bonds. The fraction of sp³-hybridized carbons (Fsp3) is 0.278. The van der Waals surface area contributed by atoms with Crippen molar-refractivity contribution >= 4 is 17.3 Å². The van der Waals surface area contributed by atoms with Crippen LogP contribution in [-0.2, 0) is 11.3 Å². The van der Waals surface area contributed by atoms with Crippen molar-refractivity contribution in [3.63, 3.8) is 0 Å². The summed E-state index contributed by atoms with van der Waals surface area (Å²) in [6, 6.07) is 14.3. The van der Waals surface area contributed by atoms with Crippen molar-refractivity contribution in [3.8, 4) is 0 Å². The van der Waals surface area contributed by atoms with E-state index < -0.39 is 0 Å². The third-order valence-corrected chi connectivity index (χ3v) is 3.56. The number of carbonyl (C=O) groups is 1. The molecular formula is C18H22N2O. The van der Waals surface area contributed by atoms with E-state index in [1.54, 1.807) is 0 Å². The Morgan fingerprint density at radius 3 is 2.24 bits per heavy atom. The van der Waals surface area contributed by atoms with E-state index in [2.05, 4.69) is 42.7 Å². The summed E-state index contributed by atoms with van der Waals surface area (Å²) in [6.07, 6.45) is 0.493. The maximum absolute atomic E-state index is 11.3. The van der Waals surface area contributed by atoms with Crippen LogP contribution in [0.2, 0.25) is 0 Å². The van der Waals surface area contributed by atoms with Gasteiger partial charge in [0.25, 0.3) is 0 Å². The fourth-order valence-corrected chi connectivity index (χ4v) is 2.04. The zero-order valence-corrected chi connectivity index (χ0v) is 12.9. The largest absolute Gasteiger partial charge is 0.381 e. The standard InChI is InChI=1S/C18H22N2O/c1-4-18(21)20-17-9-7-16(8-10-17)19-12-15-6-5-13(2)14(3)11-15/h5-11,19H,4,12H2,1-3H3,(H,20,21). The van der Waals surface area contributed by atoms with Crippen molar-refractivity contribution in [2.75, 3.05) is 10.6 Å². The Morgan fingerprint density at radius 2 is 1.62 bits per heavy atom. The number of hydrogen-bond donors (Lipinski definition) is 2. The first-order chi connectivity index (χ1) is 10.1. The van der Waals surface area contributed by atoms with Crippen molar-refractivity contribution in [3.05, 3.63) is 59.2 Å². The normalized spacial score (nSPS) is 10.2. The van der Waals surface area contributed by atoms with Crippen LogP contribution in [0.15, 0.2) is 42.5 Å². The summed E-state index contributed by atoms with van der Waals surface area (Å²) in [5.41, 5.74) is 5.77. The molecule has 2 N–H and O–H groups in total. The molecule has 0 atom stereocenters. The molecule has 0 spiro atoms. The first-order valence-electron chi connectivity index (χ1n) is 7.28. The van der Waals surface area contributed by atoms with Crippen LogP contribution >= 0.6 is 0 Å². The Bertz CT molecular complexity index is 618. The van der Waals surface area contributed by atoms with Gasteiger partial charge in [0, 0.05) is 24.3 Å². The van der Waals surface area contributed by atoms with Crippen LogP contribution in [0.5, 0.6) is 0 Å². The Kier molecular flexibility index (Phi) is 4.99. The van der Waals surface area contributed by atoms with E-state index in [4.69, 9.17) is 0 Å². The summed E-state index contributed by atoms with van der Waals surface area (Å²) in [5.74, 6) is 0.0332. The first kappa shape index (κ1) is 15.1. The number of anilines is 2. The van der Waals surface area contributed by atoms with Gasteiger partial charge in [0.05, 0.1) is 0 Å². The monoisotopic (exact) mass is 282 g/mol.